The van der Waals surface area contributed by atoms with Crippen molar-refractivity contribution >= 4 is 11.8 Å². The minimum atomic E-state index is -0.429. The molecule has 3 aromatic rings. The molecule has 0 bridgehead atoms. The predicted octanol–water partition coefficient (Wildman–Crippen LogP) is 1.17. The summed E-state index contributed by atoms with van der Waals surface area (Å²) in [4.78, 5) is 24.5. The summed E-state index contributed by atoms with van der Waals surface area (Å²) in [6, 6.07) is 19.2. The van der Waals surface area contributed by atoms with Gasteiger partial charge in [-0.2, -0.15) is 5.10 Å². The first-order chi connectivity index (χ1) is 14.2. The largest absolute Gasteiger partial charge is 0.273 e. The van der Waals surface area contributed by atoms with Crippen LogP contribution in [0.15, 0.2) is 73.1 Å². The molecule has 148 valence electrons. The van der Waals surface area contributed by atoms with E-state index in [1.54, 1.807) is 17.1 Å². The average molecular weight is 390 g/mol. The van der Waals surface area contributed by atoms with Gasteiger partial charge < -0.3 is 0 Å². The molecule has 2 aromatic carbocycles. The van der Waals surface area contributed by atoms with Gasteiger partial charge in [0.25, 0.3) is 5.91 Å². The number of carbonyl (C=O) groups excluding carboxylic acids is 2. The maximum absolute atomic E-state index is 12.3. The lowest BCUT2D eigenvalue weighted by Gasteiger charge is -2.11. The molecule has 1 aliphatic heterocycles. The van der Waals surface area contributed by atoms with E-state index >= 15 is 0 Å². The zero-order chi connectivity index (χ0) is 20.1. The third kappa shape index (κ3) is 4.68. The fraction of sp³-hybridized carbons (Fsp3) is 0.190. The molecule has 0 radical (unpaired) electrons. The molecule has 0 aliphatic carbocycles. The number of hydrazine groups is 2. The lowest BCUT2D eigenvalue weighted by molar-refractivity contribution is -0.129. The normalized spacial score (nSPS) is 18.3. The van der Waals surface area contributed by atoms with Crippen LogP contribution in [-0.2, 0) is 16.0 Å². The van der Waals surface area contributed by atoms with Crippen molar-refractivity contribution < 1.29 is 9.59 Å². The van der Waals surface area contributed by atoms with E-state index in [4.69, 9.17) is 0 Å². The highest BCUT2D eigenvalue weighted by molar-refractivity contribution is 5.86. The summed E-state index contributed by atoms with van der Waals surface area (Å²) in [7, 11) is 0. The molecule has 1 aromatic heterocycles. The minimum Gasteiger partial charge on any atom is -0.273 e. The fourth-order valence-electron chi connectivity index (χ4n) is 3.25. The highest BCUT2D eigenvalue weighted by Gasteiger charge is 2.30. The average Bonchev–Trinajstić information content (AvgIpc) is 3.43. The molecule has 2 unspecified atom stereocenters. The molecule has 8 nitrogen and oxygen atoms in total. The molecule has 2 atom stereocenters. The maximum Gasteiger partial charge on any atom is 0.256 e. The van der Waals surface area contributed by atoms with E-state index in [-0.39, 0.29) is 24.3 Å². The van der Waals surface area contributed by atoms with E-state index in [1.807, 2.05) is 60.7 Å². The number of aromatic nitrogens is 2. The maximum atomic E-state index is 12.3. The Morgan fingerprint density at radius 1 is 1.00 bits per heavy atom. The number of rotatable bonds is 5. The Hall–Kier alpha value is -3.49. The second-order valence-corrected chi connectivity index (χ2v) is 6.88. The van der Waals surface area contributed by atoms with Gasteiger partial charge in [-0.3, -0.25) is 20.4 Å². The molecule has 4 rings (SSSR count). The quantitative estimate of drug-likeness (QED) is 0.490. The summed E-state index contributed by atoms with van der Waals surface area (Å²) in [6.45, 7) is 0. The summed E-state index contributed by atoms with van der Waals surface area (Å²) in [5.41, 5.74) is 13.8. The van der Waals surface area contributed by atoms with Crippen molar-refractivity contribution in [3.8, 4) is 5.69 Å². The Morgan fingerprint density at radius 3 is 2.48 bits per heavy atom. The summed E-state index contributed by atoms with van der Waals surface area (Å²) >= 11 is 0. The van der Waals surface area contributed by atoms with Gasteiger partial charge >= 0.3 is 0 Å². The Morgan fingerprint density at radius 2 is 1.72 bits per heavy atom. The summed E-state index contributed by atoms with van der Waals surface area (Å²) < 4.78 is 1.71. The lowest BCUT2D eigenvalue weighted by atomic mass is 10.0. The third-order valence-corrected chi connectivity index (χ3v) is 4.77. The standard InChI is InChI=1S/C21H22N6O2/c28-20(11-15-13-22-27(14-15)17-9-5-2-6-10-17)25-26-21(29)19-12-18(23-24-19)16-7-3-1-4-8-16/h1-10,13-14,18-19,23-24H,11-12H2,(H,25,28)(H,26,29). The van der Waals surface area contributed by atoms with Crippen LogP contribution in [0.2, 0.25) is 0 Å². The second kappa shape index (κ2) is 8.68. The van der Waals surface area contributed by atoms with Crippen molar-refractivity contribution in [1.82, 2.24) is 31.5 Å². The first kappa shape index (κ1) is 18.9. The number of amides is 2. The summed E-state index contributed by atoms with van der Waals surface area (Å²) in [5, 5.41) is 4.27. The zero-order valence-electron chi connectivity index (χ0n) is 15.7. The number of carbonyl (C=O) groups is 2. The molecule has 4 N–H and O–H groups in total. The first-order valence-corrected chi connectivity index (χ1v) is 9.43. The SMILES string of the molecule is O=C(Cc1cnn(-c2ccccc2)c1)NNC(=O)C1CC(c2ccccc2)NN1. The first-order valence-electron chi connectivity index (χ1n) is 9.43. The van der Waals surface area contributed by atoms with Gasteiger partial charge in [0.05, 0.1) is 18.3 Å². The molecule has 1 fully saturated rings. The van der Waals surface area contributed by atoms with Crippen LogP contribution >= 0.6 is 0 Å². The van der Waals surface area contributed by atoms with Crippen molar-refractivity contribution in [3.63, 3.8) is 0 Å². The number of nitrogens with zero attached hydrogens (tertiary/aromatic N) is 2. The molecule has 2 amide bonds. The molecule has 29 heavy (non-hydrogen) atoms. The molecule has 2 heterocycles. The molecule has 1 aliphatic rings. The monoisotopic (exact) mass is 390 g/mol. The topological polar surface area (TPSA) is 100 Å². The lowest BCUT2D eigenvalue weighted by Crippen LogP contribution is -2.50. The summed E-state index contributed by atoms with van der Waals surface area (Å²) in [6.07, 6.45) is 4.15. The van der Waals surface area contributed by atoms with Gasteiger partial charge in [-0.1, -0.05) is 48.5 Å². The fourth-order valence-corrected chi connectivity index (χ4v) is 3.25. The third-order valence-electron chi connectivity index (χ3n) is 4.77. The van der Waals surface area contributed by atoms with Crippen molar-refractivity contribution in [2.24, 2.45) is 0 Å². The van der Waals surface area contributed by atoms with E-state index in [9.17, 15) is 9.59 Å². The molecule has 0 spiro atoms. The van der Waals surface area contributed by atoms with Crippen LogP contribution in [0, 0.1) is 0 Å². The van der Waals surface area contributed by atoms with Crippen LogP contribution in [0.5, 0.6) is 0 Å². The van der Waals surface area contributed by atoms with Gasteiger partial charge in [-0.15, -0.1) is 0 Å². The molecule has 1 saturated heterocycles. The van der Waals surface area contributed by atoms with E-state index in [2.05, 4.69) is 26.8 Å². The number of hydrogen-bond acceptors (Lipinski definition) is 5. The van der Waals surface area contributed by atoms with Crippen LogP contribution in [0.25, 0.3) is 5.69 Å². The molecule has 8 heteroatoms. The van der Waals surface area contributed by atoms with E-state index in [1.165, 1.54) is 0 Å². The van der Waals surface area contributed by atoms with Gasteiger partial charge in [-0.05, 0) is 29.7 Å². The number of nitrogens with one attached hydrogen (secondary N) is 4. The number of hydrogen-bond donors (Lipinski definition) is 4. The van der Waals surface area contributed by atoms with Crippen molar-refractivity contribution in [1.29, 1.82) is 0 Å². The number of para-hydroxylation sites is 1. The van der Waals surface area contributed by atoms with E-state index in [0.717, 1.165) is 16.8 Å². The molecule has 0 saturated carbocycles. The van der Waals surface area contributed by atoms with E-state index < -0.39 is 6.04 Å². The smallest absolute Gasteiger partial charge is 0.256 e. The van der Waals surface area contributed by atoms with Gasteiger partial charge in [0.15, 0.2) is 0 Å². The van der Waals surface area contributed by atoms with Gasteiger partial charge in [0.1, 0.15) is 6.04 Å². The van der Waals surface area contributed by atoms with Gasteiger partial charge in [0, 0.05) is 12.2 Å². The van der Waals surface area contributed by atoms with E-state index in [0.29, 0.717) is 6.42 Å². The molecular formula is C21H22N6O2. The second-order valence-electron chi connectivity index (χ2n) is 6.88. The highest BCUT2D eigenvalue weighted by atomic mass is 16.2. The predicted molar refractivity (Wildman–Crippen MR) is 107 cm³/mol. The van der Waals surface area contributed by atoms with Crippen LogP contribution < -0.4 is 21.7 Å². The van der Waals surface area contributed by atoms with Crippen molar-refractivity contribution in [2.45, 2.75) is 24.9 Å². The van der Waals surface area contributed by atoms with Crippen molar-refractivity contribution in [2.75, 3.05) is 0 Å². The Balaban J connectivity index is 1.25. The van der Waals surface area contributed by atoms with Crippen LogP contribution in [-0.4, -0.2) is 27.6 Å². The Kier molecular flexibility index (Phi) is 5.64. The van der Waals surface area contributed by atoms with Gasteiger partial charge in [0.2, 0.25) is 5.91 Å². The Bertz CT molecular complexity index is 973. The van der Waals surface area contributed by atoms with Gasteiger partial charge in [-0.25, -0.2) is 15.5 Å². The minimum absolute atomic E-state index is 0.0477. The molecular weight excluding hydrogens is 368 g/mol. The highest BCUT2D eigenvalue weighted by Crippen LogP contribution is 2.21. The van der Waals surface area contributed by atoms with Crippen LogP contribution in [0.1, 0.15) is 23.6 Å². The number of benzene rings is 2. The van der Waals surface area contributed by atoms with Crippen LogP contribution in [0.3, 0.4) is 0 Å². The van der Waals surface area contributed by atoms with Crippen molar-refractivity contribution in [3.05, 3.63) is 84.2 Å². The zero-order valence-corrected chi connectivity index (χ0v) is 15.7. The Labute approximate surface area is 168 Å². The van der Waals surface area contributed by atoms with Crippen LogP contribution in [0.4, 0.5) is 0 Å². The summed E-state index contributed by atoms with van der Waals surface area (Å²) in [5.74, 6) is -0.596.